The molecule has 0 radical (unpaired) electrons. The van der Waals surface area contributed by atoms with Crippen LogP contribution in [-0.2, 0) is 6.54 Å². The first-order valence-corrected chi connectivity index (χ1v) is 5.31. The van der Waals surface area contributed by atoms with Crippen molar-refractivity contribution in [1.82, 2.24) is 14.8 Å². The Balaban J connectivity index is 2.54. The molecule has 2 aromatic heterocycles. The average Bonchev–Trinajstić information content (AvgIpc) is 2.86. The fraction of sp³-hybridized carbons (Fsp3) is 0.222. The Bertz CT molecular complexity index is 476. The molecule has 0 aliphatic rings. The Kier molecular flexibility index (Phi) is 2.51. The van der Waals surface area contributed by atoms with E-state index in [1.807, 2.05) is 6.92 Å². The molecule has 15 heavy (non-hydrogen) atoms. The molecule has 0 aliphatic heterocycles. The quantitative estimate of drug-likeness (QED) is 0.860. The number of aryl methyl sites for hydroxylation is 1. The van der Waals surface area contributed by atoms with Crippen molar-refractivity contribution in [2.75, 3.05) is 0 Å². The molecule has 0 atom stereocenters. The number of hydrogen-bond acceptors (Lipinski definition) is 4. The van der Waals surface area contributed by atoms with Crippen LogP contribution in [0.3, 0.4) is 0 Å². The second-order valence-corrected chi connectivity index (χ2v) is 3.78. The first kappa shape index (κ1) is 9.85. The van der Waals surface area contributed by atoms with Crippen LogP contribution in [0.4, 0.5) is 0 Å². The smallest absolute Gasteiger partial charge is 0.339 e. The first-order chi connectivity index (χ1) is 7.22. The van der Waals surface area contributed by atoms with Gasteiger partial charge in [0, 0.05) is 24.3 Å². The molecule has 0 unspecified atom stereocenters. The van der Waals surface area contributed by atoms with Crippen LogP contribution in [0, 0.1) is 0 Å². The summed E-state index contributed by atoms with van der Waals surface area (Å²) >= 11 is 1.38. The van der Waals surface area contributed by atoms with Crippen LogP contribution in [0.25, 0.3) is 10.7 Å². The van der Waals surface area contributed by atoms with Crippen LogP contribution in [0.15, 0.2) is 17.8 Å². The molecule has 2 aromatic rings. The molecule has 78 valence electrons. The van der Waals surface area contributed by atoms with Gasteiger partial charge in [0.15, 0.2) is 0 Å². The molecule has 5 nitrogen and oxygen atoms in total. The SMILES string of the molecule is CCn1cc(C(=O)O)c(-c2nccs2)n1. The van der Waals surface area contributed by atoms with E-state index in [4.69, 9.17) is 5.11 Å². The summed E-state index contributed by atoms with van der Waals surface area (Å²) < 4.78 is 1.60. The molecule has 0 amide bonds. The van der Waals surface area contributed by atoms with Crippen LogP contribution < -0.4 is 0 Å². The zero-order chi connectivity index (χ0) is 10.8. The monoisotopic (exact) mass is 223 g/mol. The Morgan fingerprint density at radius 2 is 2.47 bits per heavy atom. The van der Waals surface area contributed by atoms with Gasteiger partial charge in [-0.3, -0.25) is 4.68 Å². The topological polar surface area (TPSA) is 68.0 Å². The number of thiazole rings is 1. The van der Waals surface area contributed by atoms with Gasteiger partial charge < -0.3 is 5.11 Å². The number of aromatic carboxylic acids is 1. The molecule has 0 fully saturated rings. The van der Waals surface area contributed by atoms with Gasteiger partial charge in [-0.25, -0.2) is 9.78 Å². The third-order valence-electron chi connectivity index (χ3n) is 1.95. The van der Waals surface area contributed by atoms with E-state index in [1.165, 1.54) is 17.5 Å². The fourth-order valence-corrected chi connectivity index (χ4v) is 1.87. The van der Waals surface area contributed by atoms with Crippen LogP contribution in [-0.4, -0.2) is 25.8 Å². The highest BCUT2D eigenvalue weighted by molar-refractivity contribution is 7.13. The zero-order valence-electron chi connectivity index (χ0n) is 8.04. The summed E-state index contributed by atoms with van der Waals surface area (Å²) in [4.78, 5) is 15.0. The summed E-state index contributed by atoms with van der Waals surface area (Å²) in [5.41, 5.74) is 0.645. The molecule has 2 heterocycles. The molecule has 0 saturated heterocycles. The molecule has 2 rings (SSSR count). The van der Waals surface area contributed by atoms with E-state index in [9.17, 15) is 4.79 Å². The summed E-state index contributed by atoms with van der Waals surface area (Å²) in [7, 11) is 0. The number of carbonyl (C=O) groups is 1. The number of carboxylic acid groups (broad SMARTS) is 1. The molecule has 6 heteroatoms. The summed E-state index contributed by atoms with van der Waals surface area (Å²) in [6.07, 6.45) is 3.16. The van der Waals surface area contributed by atoms with Crippen molar-refractivity contribution in [2.24, 2.45) is 0 Å². The maximum Gasteiger partial charge on any atom is 0.339 e. The van der Waals surface area contributed by atoms with E-state index < -0.39 is 5.97 Å². The van der Waals surface area contributed by atoms with Gasteiger partial charge in [-0.1, -0.05) is 0 Å². The Labute approximate surface area is 90.0 Å². The highest BCUT2D eigenvalue weighted by atomic mass is 32.1. The van der Waals surface area contributed by atoms with Crippen LogP contribution >= 0.6 is 11.3 Å². The Hall–Kier alpha value is -1.69. The summed E-state index contributed by atoms with van der Waals surface area (Å²) in [6.45, 7) is 2.55. The Morgan fingerprint density at radius 1 is 1.67 bits per heavy atom. The van der Waals surface area contributed by atoms with E-state index in [1.54, 1.807) is 16.3 Å². The second kappa shape index (κ2) is 3.82. The van der Waals surface area contributed by atoms with Gasteiger partial charge >= 0.3 is 5.97 Å². The van der Waals surface area contributed by atoms with Crippen LogP contribution in [0.5, 0.6) is 0 Å². The standard InChI is InChI=1S/C9H9N3O2S/c1-2-12-5-6(9(13)14)7(11-12)8-10-3-4-15-8/h3-5H,2H2,1H3,(H,13,14). The lowest BCUT2D eigenvalue weighted by atomic mass is 10.2. The van der Waals surface area contributed by atoms with E-state index in [0.717, 1.165) is 0 Å². The summed E-state index contributed by atoms with van der Waals surface area (Å²) in [5, 5.41) is 15.6. The highest BCUT2D eigenvalue weighted by Gasteiger charge is 2.18. The van der Waals surface area contributed by atoms with Gasteiger partial charge in [0.2, 0.25) is 0 Å². The summed E-state index contributed by atoms with van der Waals surface area (Å²) in [6, 6.07) is 0. The van der Waals surface area contributed by atoms with Crippen LogP contribution in [0.1, 0.15) is 17.3 Å². The van der Waals surface area contributed by atoms with Crippen molar-refractivity contribution >= 4 is 17.3 Å². The fourth-order valence-electron chi connectivity index (χ4n) is 1.24. The van der Waals surface area contributed by atoms with E-state index >= 15 is 0 Å². The highest BCUT2D eigenvalue weighted by Crippen LogP contribution is 2.23. The molecular weight excluding hydrogens is 214 g/mol. The van der Waals surface area contributed by atoms with Crippen molar-refractivity contribution in [3.8, 4) is 10.7 Å². The van der Waals surface area contributed by atoms with Gasteiger partial charge in [0.25, 0.3) is 0 Å². The number of hydrogen-bond donors (Lipinski definition) is 1. The third kappa shape index (κ3) is 1.75. The third-order valence-corrected chi connectivity index (χ3v) is 2.73. The largest absolute Gasteiger partial charge is 0.478 e. The second-order valence-electron chi connectivity index (χ2n) is 2.89. The lowest BCUT2D eigenvalue weighted by Gasteiger charge is -1.91. The van der Waals surface area contributed by atoms with Crippen molar-refractivity contribution in [3.63, 3.8) is 0 Å². The minimum absolute atomic E-state index is 0.201. The number of aromatic nitrogens is 3. The van der Waals surface area contributed by atoms with E-state index in [2.05, 4.69) is 10.1 Å². The molecule has 0 aliphatic carbocycles. The van der Waals surface area contributed by atoms with Gasteiger partial charge in [-0.15, -0.1) is 11.3 Å². The van der Waals surface area contributed by atoms with Gasteiger partial charge in [0.05, 0.1) is 0 Å². The van der Waals surface area contributed by atoms with Gasteiger partial charge in [-0.05, 0) is 6.92 Å². The minimum Gasteiger partial charge on any atom is -0.478 e. The summed E-state index contributed by atoms with van der Waals surface area (Å²) in [5.74, 6) is -0.972. The first-order valence-electron chi connectivity index (χ1n) is 4.43. The van der Waals surface area contributed by atoms with Crippen molar-refractivity contribution in [2.45, 2.75) is 13.5 Å². The maximum atomic E-state index is 11.0. The Morgan fingerprint density at radius 3 is 3.00 bits per heavy atom. The zero-order valence-corrected chi connectivity index (χ0v) is 8.86. The predicted molar refractivity (Wildman–Crippen MR) is 56.0 cm³/mol. The van der Waals surface area contributed by atoms with E-state index in [-0.39, 0.29) is 5.56 Å². The molecule has 0 spiro atoms. The molecule has 0 bridgehead atoms. The predicted octanol–water partition coefficient (Wildman–Crippen LogP) is 1.72. The minimum atomic E-state index is -0.972. The lowest BCUT2D eigenvalue weighted by molar-refractivity contribution is 0.0697. The molecule has 0 aromatic carbocycles. The molecule has 1 N–H and O–H groups in total. The normalized spacial score (nSPS) is 10.5. The average molecular weight is 223 g/mol. The van der Waals surface area contributed by atoms with Crippen LogP contribution in [0.2, 0.25) is 0 Å². The van der Waals surface area contributed by atoms with Gasteiger partial charge in [-0.2, -0.15) is 5.10 Å². The number of nitrogens with zero attached hydrogens (tertiary/aromatic N) is 3. The molecular formula is C9H9N3O2S. The maximum absolute atomic E-state index is 11.0. The van der Waals surface area contributed by atoms with Crippen molar-refractivity contribution in [1.29, 1.82) is 0 Å². The van der Waals surface area contributed by atoms with E-state index in [0.29, 0.717) is 17.2 Å². The van der Waals surface area contributed by atoms with Crippen molar-refractivity contribution < 1.29 is 9.90 Å². The molecule has 0 saturated carbocycles. The number of carboxylic acids is 1. The lowest BCUT2D eigenvalue weighted by Crippen LogP contribution is -1.96. The van der Waals surface area contributed by atoms with Gasteiger partial charge in [0.1, 0.15) is 16.3 Å². The van der Waals surface area contributed by atoms with Crippen molar-refractivity contribution in [3.05, 3.63) is 23.3 Å². The number of rotatable bonds is 3.